The van der Waals surface area contributed by atoms with E-state index in [9.17, 15) is 0 Å². The normalized spacial score (nSPS) is 22.4. The van der Waals surface area contributed by atoms with Crippen LogP contribution in [0.4, 0.5) is 0 Å². The van der Waals surface area contributed by atoms with Gasteiger partial charge in [0.2, 0.25) is 0 Å². The molecule has 1 aromatic heterocycles. The van der Waals surface area contributed by atoms with Crippen molar-refractivity contribution in [1.29, 1.82) is 0 Å². The number of hydrogen-bond acceptors (Lipinski definition) is 3. The van der Waals surface area contributed by atoms with E-state index in [-0.39, 0.29) is 12.1 Å². The number of benzene rings is 1. The largest absolute Gasteiger partial charge is 0.484 e. The van der Waals surface area contributed by atoms with Crippen LogP contribution < -0.4 is 10.5 Å². The van der Waals surface area contributed by atoms with Crippen LogP contribution in [0.3, 0.4) is 0 Å². The number of aromatic nitrogens is 2. The summed E-state index contributed by atoms with van der Waals surface area (Å²) in [5.74, 6) is 0.864. The standard InChI is InChI=1S/C13H14BrN3O/c1-17-7-16-6-11(17)13-5-10(15)9-4-8(14)2-3-12(9)18-13/h2-4,6-7,10,13H,5,15H2,1H3/t10-,13?/m1/s1. The first-order valence-electron chi connectivity index (χ1n) is 5.83. The fraction of sp³-hybridized carbons (Fsp3) is 0.308. The van der Waals surface area contributed by atoms with Crippen LogP contribution in [0, 0.1) is 0 Å². The number of imidazole rings is 1. The molecule has 3 rings (SSSR count). The highest BCUT2D eigenvalue weighted by Gasteiger charge is 2.28. The fourth-order valence-electron chi connectivity index (χ4n) is 2.33. The van der Waals surface area contributed by atoms with Crippen LogP contribution in [0.15, 0.2) is 35.2 Å². The second kappa shape index (κ2) is 4.40. The van der Waals surface area contributed by atoms with Crippen LogP contribution in [0.2, 0.25) is 0 Å². The van der Waals surface area contributed by atoms with Crippen molar-refractivity contribution >= 4 is 15.9 Å². The second-order valence-electron chi connectivity index (χ2n) is 4.56. The van der Waals surface area contributed by atoms with E-state index in [1.807, 2.05) is 36.0 Å². The Balaban J connectivity index is 1.97. The molecular formula is C13H14BrN3O. The quantitative estimate of drug-likeness (QED) is 0.881. The number of rotatable bonds is 1. The maximum Gasteiger partial charge on any atom is 0.142 e. The van der Waals surface area contributed by atoms with Gasteiger partial charge in [0.25, 0.3) is 0 Å². The third-order valence-electron chi connectivity index (χ3n) is 3.29. The van der Waals surface area contributed by atoms with Gasteiger partial charge in [-0.2, -0.15) is 0 Å². The predicted molar refractivity (Wildman–Crippen MR) is 72.3 cm³/mol. The van der Waals surface area contributed by atoms with Gasteiger partial charge in [0, 0.05) is 29.5 Å². The smallest absolute Gasteiger partial charge is 0.142 e. The number of ether oxygens (including phenoxy) is 1. The number of aryl methyl sites for hydroxylation is 1. The summed E-state index contributed by atoms with van der Waals surface area (Å²) in [5, 5.41) is 0. The maximum atomic E-state index is 6.23. The fourth-order valence-corrected chi connectivity index (χ4v) is 2.71. The van der Waals surface area contributed by atoms with Crippen LogP contribution in [0.5, 0.6) is 5.75 Å². The molecule has 1 aliphatic rings. The van der Waals surface area contributed by atoms with E-state index in [1.54, 1.807) is 6.33 Å². The van der Waals surface area contributed by atoms with Gasteiger partial charge in [-0.3, -0.25) is 0 Å². The lowest BCUT2D eigenvalue weighted by Gasteiger charge is -2.30. The van der Waals surface area contributed by atoms with Crippen LogP contribution in [0.25, 0.3) is 0 Å². The summed E-state index contributed by atoms with van der Waals surface area (Å²) in [6.07, 6.45) is 4.35. The van der Waals surface area contributed by atoms with Gasteiger partial charge in [-0.25, -0.2) is 4.98 Å². The molecule has 0 bridgehead atoms. The highest BCUT2D eigenvalue weighted by atomic mass is 79.9. The molecule has 0 aliphatic carbocycles. The predicted octanol–water partition coefficient (Wildman–Crippen LogP) is 2.71. The molecule has 2 N–H and O–H groups in total. The molecule has 1 aromatic carbocycles. The zero-order valence-electron chi connectivity index (χ0n) is 10.0. The van der Waals surface area contributed by atoms with Crippen molar-refractivity contribution in [3.05, 3.63) is 46.5 Å². The average molecular weight is 308 g/mol. The van der Waals surface area contributed by atoms with E-state index in [0.717, 1.165) is 27.9 Å². The van der Waals surface area contributed by atoms with Crippen molar-refractivity contribution < 1.29 is 4.74 Å². The molecule has 0 saturated heterocycles. The highest BCUT2D eigenvalue weighted by Crippen LogP contribution is 2.40. The van der Waals surface area contributed by atoms with Crippen molar-refractivity contribution in [2.75, 3.05) is 0 Å². The van der Waals surface area contributed by atoms with E-state index in [1.165, 1.54) is 0 Å². The molecule has 18 heavy (non-hydrogen) atoms. The van der Waals surface area contributed by atoms with Crippen LogP contribution >= 0.6 is 15.9 Å². The number of nitrogens with zero attached hydrogens (tertiary/aromatic N) is 2. The second-order valence-corrected chi connectivity index (χ2v) is 5.48. The lowest BCUT2D eigenvalue weighted by Crippen LogP contribution is -2.25. The van der Waals surface area contributed by atoms with Crippen molar-refractivity contribution in [3.63, 3.8) is 0 Å². The van der Waals surface area contributed by atoms with Crippen molar-refractivity contribution in [2.24, 2.45) is 12.8 Å². The van der Waals surface area contributed by atoms with Gasteiger partial charge in [-0.05, 0) is 18.2 Å². The van der Waals surface area contributed by atoms with Crippen molar-refractivity contribution in [1.82, 2.24) is 9.55 Å². The molecule has 4 nitrogen and oxygen atoms in total. The Labute approximate surface area is 114 Å². The van der Waals surface area contributed by atoms with Gasteiger partial charge in [-0.1, -0.05) is 15.9 Å². The third kappa shape index (κ3) is 1.93. The molecule has 2 atom stereocenters. The minimum atomic E-state index is -0.0267. The maximum absolute atomic E-state index is 6.23. The first-order chi connectivity index (χ1) is 8.65. The molecule has 5 heteroatoms. The number of fused-ring (bicyclic) bond motifs is 1. The number of halogens is 1. The summed E-state index contributed by atoms with van der Waals surface area (Å²) in [5.41, 5.74) is 8.34. The lowest BCUT2D eigenvalue weighted by atomic mass is 9.96. The minimum Gasteiger partial charge on any atom is -0.484 e. The van der Waals surface area contributed by atoms with Gasteiger partial charge in [0.15, 0.2) is 0 Å². The van der Waals surface area contributed by atoms with E-state index in [4.69, 9.17) is 10.5 Å². The summed E-state index contributed by atoms with van der Waals surface area (Å²) in [6, 6.07) is 5.95. The lowest BCUT2D eigenvalue weighted by molar-refractivity contribution is 0.154. The third-order valence-corrected chi connectivity index (χ3v) is 3.79. The van der Waals surface area contributed by atoms with Crippen LogP contribution in [-0.2, 0) is 7.05 Å². The molecule has 2 heterocycles. The molecule has 94 valence electrons. The SMILES string of the molecule is Cn1cncc1C1C[C@@H](N)c2cc(Br)ccc2O1. The van der Waals surface area contributed by atoms with E-state index in [2.05, 4.69) is 20.9 Å². The molecule has 1 unspecified atom stereocenters. The Bertz CT molecular complexity index is 581. The zero-order valence-corrected chi connectivity index (χ0v) is 11.6. The molecule has 0 radical (unpaired) electrons. The number of hydrogen-bond donors (Lipinski definition) is 1. The van der Waals surface area contributed by atoms with Gasteiger partial charge in [0.1, 0.15) is 11.9 Å². The van der Waals surface area contributed by atoms with Gasteiger partial charge in [-0.15, -0.1) is 0 Å². The average Bonchev–Trinajstić information content (AvgIpc) is 2.76. The molecule has 0 amide bonds. The molecule has 0 spiro atoms. The Kier molecular flexibility index (Phi) is 2.87. The summed E-state index contributed by atoms with van der Waals surface area (Å²) in [6.45, 7) is 0. The monoisotopic (exact) mass is 307 g/mol. The molecule has 1 aliphatic heterocycles. The summed E-state index contributed by atoms with van der Waals surface area (Å²) >= 11 is 3.46. The Hall–Kier alpha value is -1.33. The van der Waals surface area contributed by atoms with Gasteiger partial charge >= 0.3 is 0 Å². The summed E-state index contributed by atoms with van der Waals surface area (Å²) < 4.78 is 9.02. The molecule has 0 fully saturated rings. The first kappa shape index (κ1) is 11.7. The Morgan fingerprint density at radius 3 is 3.06 bits per heavy atom. The summed E-state index contributed by atoms with van der Waals surface area (Å²) in [4.78, 5) is 4.13. The first-order valence-corrected chi connectivity index (χ1v) is 6.62. The minimum absolute atomic E-state index is 0.00819. The Morgan fingerprint density at radius 2 is 2.33 bits per heavy atom. The number of nitrogens with two attached hydrogens (primary N) is 1. The summed E-state index contributed by atoms with van der Waals surface area (Å²) in [7, 11) is 1.97. The zero-order chi connectivity index (χ0) is 12.7. The molecule has 0 saturated carbocycles. The molecular weight excluding hydrogens is 294 g/mol. The van der Waals surface area contributed by atoms with Crippen molar-refractivity contribution in [2.45, 2.75) is 18.6 Å². The van der Waals surface area contributed by atoms with E-state index < -0.39 is 0 Å². The van der Waals surface area contributed by atoms with E-state index >= 15 is 0 Å². The molecule has 2 aromatic rings. The topological polar surface area (TPSA) is 53.1 Å². The van der Waals surface area contributed by atoms with E-state index in [0.29, 0.717) is 0 Å². The van der Waals surface area contributed by atoms with Crippen LogP contribution in [-0.4, -0.2) is 9.55 Å². The highest BCUT2D eigenvalue weighted by molar-refractivity contribution is 9.10. The van der Waals surface area contributed by atoms with Crippen LogP contribution in [0.1, 0.15) is 29.8 Å². The Morgan fingerprint density at radius 1 is 1.50 bits per heavy atom. The van der Waals surface area contributed by atoms with Gasteiger partial charge < -0.3 is 15.0 Å². The van der Waals surface area contributed by atoms with Crippen molar-refractivity contribution in [3.8, 4) is 5.75 Å². The van der Waals surface area contributed by atoms with Gasteiger partial charge in [0.05, 0.1) is 18.2 Å².